The second-order valence-electron chi connectivity index (χ2n) is 8.06. The van der Waals surface area contributed by atoms with E-state index in [1.54, 1.807) is 4.90 Å². The van der Waals surface area contributed by atoms with Crippen molar-refractivity contribution in [1.29, 1.82) is 5.41 Å². The number of nitrogens with one attached hydrogen (secondary N) is 2. The number of hydrogen-bond acceptors (Lipinski definition) is 4. The Labute approximate surface area is 186 Å². The Hall–Kier alpha value is -4.06. The average molecular weight is 425 g/mol. The molecule has 0 aliphatic carbocycles. The third-order valence-electron chi connectivity index (χ3n) is 5.83. The third-order valence-corrected chi connectivity index (χ3v) is 5.83. The van der Waals surface area contributed by atoms with Crippen LogP contribution in [0.3, 0.4) is 0 Å². The van der Waals surface area contributed by atoms with Crippen LogP contribution in [0.1, 0.15) is 22.5 Å². The molecule has 1 aliphatic heterocycles. The van der Waals surface area contributed by atoms with Crippen LogP contribution >= 0.6 is 0 Å². The molecule has 1 aliphatic rings. The molecule has 3 N–H and O–H groups in total. The van der Waals surface area contributed by atoms with Crippen molar-refractivity contribution < 1.29 is 9.84 Å². The number of benzene rings is 3. The van der Waals surface area contributed by atoms with Gasteiger partial charge in [0, 0.05) is 5.69 Å². The molecule has 5 rings (SSSR count). The van der Waals surface area contributed by atoms with Crippen molar-refractivity contribution in [3.63, 3.8) is 0 Å². The van der Waals surface area contributed by atoms with Gasteiger partial charge in [0.05, 0.1) is 23.2 Å². The van der Waals surface area contributed by atoms with Crippen LogP contribution < -0.4 is 9.64 Å². The number of anilines is 1. The summed E-state index contributed by atoms with van der Waals surface area (Å²) in [6.45, 7) is 4.83. The summed E-state index contributed by atoms with van der Waals surface area (Å²) in [5, 5.41) is 19.3. The van der Waals surface area contributed by atoms with Crippen LogP contribution in [0.2, 0.25) is 0 Å². The minimum Gasteiger partial charge on any atom is -0.509 e. The summed E-state index contributed by atoms with van der Waals surface area (Å²) in [5.74, 6) is 1.61. The van der Waals surface area contributed by atoms with E-state index >= 15 is 0 Å². The number of hydrogen-bond donors (Lipinski definition) is 3. The van der Waals surface area contributed by atoms with Crippen LogP contribution in [0.15, 0.2) is 72.5 Å². The predicted octanol–water partition coefficient (Wildman–Crippen LogP) is 5.53. The van der Waals surface area contributed by atoms with Crippen LogP contribution in [0.4, 0.5) is 5.69 Å². The van der Waals surface area contributed by atoms with Gasteiger partial charge in [0.25, 0.3) is 0 Å². The van der Waals surface area contributed by atoms with Crippen LogP contribution in [0.5, 0.6) is 5.75 Å². The number of rotatable bonds is 5. The molecule has 0 amide bonds. The molecule has 4 aromatic rings. The number of aliphatic hydroxyl groups excluding tert-OH is 1. The molecule has 0 radical (unpaired) electrons. The third kappa shape index (κ3) is 3.60. The van der Waals surface area contributed by atoms with Crippen molar-refractivity contribution in [2.45, 2.75) is 20.5 Å². The van der Waals surface area contributed by atoms with E-state index in [9.17, 15) is 5.11 Å². The maximum atomic E-state index is 10.7. The van der Waals surface area contributed by atoms with Gasteiger partial charge >= 0.3 is 0 Å². The van der Waals surface area contributed by atoms with Crippen molar-refractivity contribution in [1.82, 2.24) is 9.97 Å². The fraction of sp³-hybridized carbons (Fsp3) is 0.154. The molecule has 160 valence electrons. The zero-order valence-corrected chi connectivity index (χ0v) is 18.0. The standard InChI is InChI=1S/C26H24N4O2/c1-16-12-21-22(13-17(16)2)29-26(28-21)24-23(31)14-30(25(24)27)19-8-10-20(11-9-19)32-15-18-6-4-3-5-7-18/h3-13,27,31H,14-15H2,1-2H3,(H,28,29). The summed E-state index contributed by atoms with van der Waals surface area (Å²) in [6.07, 6.45) is 0. The normalized spacial score (nSPS) is 13.9. The highest BCUT2D eigenvalue weighted by molar-refractivity contribution is 6.30. The predicted molar refractivity (Wildman–Crippen MR) is 127 cm³/mol. The van der Waals surface area contributed by atoms with Gasteiger partial charge in [-0.1, -0.05) is 30.3 Å². The second-order valence-corrected chi connectivity index (χ2v) is 8.06. The lowest BCUT2D eigenvalue weighted by atomic mass is 10.1. The first-order chi connectivity index (χ1) is 15.5. The Morgan fingerprint density at radius 2 is 1.75 bits per heavy atom. The Kier molecular flexibility index (Phi) is 4.90. The Bertz CT molecular complexity index is 1300. The number of H-pyrrole nitrogens is 1. The summed E-state index contributed by atoms with van der Waals surface area (Å²) >= 11 is 0. The Balaban J connectivity index is 1.34. The first-order valence-corrected chi connectivity index (χ1v) is 10.5. The van der Waals surface area contributed by atoms with E-state index in [1.165, 1.54) is 5.56 Å². The SMILES string of the molecule is Cc1cc2nc(C3=C(O)CN(c4ccc(OCc5ccccc5)cc4)C3=N)[nH]c2cc1C. The van der Waals surface area contributed by atoms with Crippen molar-refractivity contribution >= 4 is 28.1 Å². The van der Waals surface area contributed by atoms with E-state index in [0.717, 1.165) is 33.6 Å². The number of aryl methyl sites for hydroxylation is 2. The number of amidine groups is 1. The minimum absolute atomic E-state index is 0.131. The monoisotopic (exact) mass is 424 g/mol. The molecular weight excluding hydrogens is 400 g/mol. The van der Waals surface area contributed by atoms with Crippen LogP contribution in [0, 0.1) is 19.3 Å². The molecule has 6 nitrogen and oxygen atoms in total. The smallest absolute Gasteiger partial charge is 0.145 e. The number of fused-ring (bicyclic) bond motifs is 1. The second kappa shape index (κ2) is 7.89. The minimum atomic E-state index is 0.131. The van der Waals surface area contributed by atoms with Gasteiger partial charge in [0.15, 0.2) is 0 Å². The maximum Gasteiger partial charge on any atom is 0.145 e. The van der Waals surface area contributed by atoms with E-state index in [4.69, 9.17) is 10.1 Å². The Morgan fingerprint density at radius 1 is 1.03 bits per heavy atom. The lowest BCUT2D eigenvalue weighted by Crippen LogP contribution is -2.26. The molecule has 0 saturated carbocycles. The fourth-order valence-corrected chi connectivity index (χ4v) is 3.90. The van der Waals surface area contributed by atoms with E-state index < -0.39 is 0 Å². The van der Waals surface area contributed by atoms with E-state index in [2.05, 4.69) is 16.9 Å². The van der Waals surface area contributed by atoms with Crippen molar-refractivity contribution in [3.05, 3.63) is 95.0 Å². The van der Waals surface area contributed by atoms with Crippen LogP contribution in [-0.2, 0) is 6.61 Å². The molecule has 1 aromatic heterocycles. The number of imidazole rings is 1. The lowest BCUT2D eigenvalue weighted by molar-refractivity contribution is 0.306. The molecule has 3 aromatic carbocycles. The first kappa shape index (κ1) is 19.9. The van der Waals surface area contributed by atoms with E-state index in [-0.39, 0.29) is 18.1 Å². The topological polar surface area (TPSA) is 85.2 Å². The van der Waals surface area contributed by atoms with Crippen molar-refractivity contribution in [3.8, 4) is 5.75 Å². The number of nitrogens with zero attached hydrogens (tertiary/aromatic N) is 2. The molecule has 0 bridgehead atoms. The highest BCUT2D eigenvalue weighted by Crippen LogP contribution is 2.32. The Morgan fingerprint density at radius 3 is 2.50 bits per heavy atom. The molecule has 2 heterocycles. The van der Waals surface area contributed by atoms with Gasteiger partial charge in [-0.05, 0) is 66.9 Å². The van der Waals surface area contributed by atoms with E-state index in [0.29, 0.717) is 18.0 Å². The van der Waals surface area contributed by atoms with Gasteiger partial charge in [-0.25, -0.2) is 4.98 Å². The summed E-state index contributed by atoms with van der Waals surface area (Å²) in [4.78, 5) is 9.65. The summed E-state index contributed by atoms with van der Waals surface area (Å²) in [7, 11) is 0. The number of aliphatic hydroxyl groups is 1. The molecule has 0 spiro atoms. The summed E-state index contributed by atoms with van der Waals surface area (Å²) in [6, 6.07) is 21.6. The van der Waals surface area contributed by atoms with E-state index in [1.807, 2.05) is 73.7 Å². The molecular formula is C26H24N4O2. The summed E-state index contributed by atoms with van der Waals surface area (Å²) < 4.78 is 5.85. The highest BCUT2D eigenvalue weighted by atomic mass is 16.5. The number of aromatic amines is 1. The molecule has 32 heavy (non-hydrogen) atoms. The molecule has 0 fully saturated rings. The molecule has 0 saturated heterocycles. The lowest BCUT2D eigenvalue weighted by Gasteiger charge is -2.19. The molecule has 0 unspecified atom stereocenters. The highest BCUT2D eigenvalue weighted by Gasteiger charge is 2.31. The van der Waals surface area contributed by atoms with Gasteiger partial charge in [-0.2, -0.15) is 0 Å². The maximum absolute atomic E-state index is 10.7. The average Bonchev–Trinajstić information content (AvgIpc) is 3.32. The van der Waals surface area contributed by atoms with Crippen molar-refractivity contribution in [2.75, 3.05) is 11.4 Å². The largest absolute Gasteiger partial charge is 0.509 e. The first-order valence-electron chi connectivity index (χ1n) is 10.5. The van der Waals surface area contributed by atoms with Gasteiger partial charge < -0.3 is 19.7 Å². The van der Waals surface area contributed by atoms with Gasteiger partial charge in [-0.3, -0.25) is 5.41 Å². The number of ether oxygens (including phenoxy) is 1. The van der Waals surface area contributed by atoms with Crippen LogP contribution in [-0.4, -0.2) is 27.5 Å². The van der Waals surface area contributed by atoms with Gasteiger partial charge in [0.1, 0.15) is 29.8 Å². The fourth-order valence-electron chi connectivity index (χ4n) is 3.90. The van der Waals surface area contributed by atoms with Crippen molar-refractivity contribution in [2.24, 2.45) is 0 Å². The zero-order valence-electron chi connectivity index (χ0n) is 18.0. The molecule has 6 heteroatoms. The zero-order chi connectivity index (χ0) is 22.2. The number of aromatic nitrogens is 2. The van der Waals surface area contributed by atoms with Gasteiger partial charge in [0.2, 0.25) is 0 Å². The summed E-state index contributed by atoms with van der Waals surface area (Å²) in [5.41, 5.74) is 6.40. The van der Waals surface area contributed by atoms with Crippen LogP contribution in [0.25, 0.3) is 16.6 Å². The van der Waals surface area contributed by atoms with Gasteiger partial charge in [-0.15, -0.1) is 0 Å². The quantitative estimate of drug-likeness (QED) is 0.393. The molecule has 0 atom stereocenters.